The Bertz CT molecular complexity index is 276. The largest absolute Gasteiger partial charge is 0.377 e. The third-order valence-corrected chi connectivity index (χ3v) is 3.56. The van der Waals surface area contributed by atoms with Crippen molar-refractivity contribution in [2.45, 2.75) is 38.7 Å². The standard InChI is InChI=1S/C10H21NO3S/c1-9-5-3-4-6-10(9)14-8-7-11-15(2,12)13/h9-11H,3-8H2,1-2H3/t9-,10+/m1/s1. The summed E-state index contributed by atoms with van der Waals surface area (Å²) in [4.78, 5) is 0. The minimum absolute atomic E-state index is 0.320. The molecule has 0 saturated heterocycles. The molecule has 1 saturated carbocycles. The molecule has 0 aromatic rings. The van der Waals surface area contributed by atoms with E-state index in [9.17, 15) is 8.42 Å². The van der Waals surface area contributed by atoms with Crippen molar-refractivity contribution in [3.05, 3.63) is 0 Å². The van der Waals surface area contributed by atoms with E-state index >= 15 is 0 Å². The minimum Gasteiger partial charge on any atom is -0.377 e. The maximum atomic E-state index is 10.8. The average Bonchev–Trinajstić information content (AvgIpc) is 2.13. The Balaban J connectivity index is 2.14. The second kappa shape index (κ2) is 5.82. The Labute approximate surface area is 92.4 Å². The van der Waals surface area contributed by atoms with Gasteiger partial charge >= 0.3 is 0 Å². The van der Waals surface area contributed by atoms with Crippen molar-refractivity contribution in [3.8, 4) is 0 Å². The van der Waals surface area contributed by atoms with Crippen molar-refractivity contribution >= 4 is 10.0 Å². The fraction of sp³-hybridized carbons (Fsp3) is 1.00. The summed E-state index contributed by atoms with van der Waals surface area (Å²) in [7, 11) is -3.07. The van der Waals surface area contributed by atoms with Crippen molar-refractivity contribution in [1.29, 1.82) is 0 Å². The number of hydrogen-bond donors (Lipinski definition) is 1. The van der Waals surface area contributed by atoms with E-state index in [1.54, 1.807) is 0 Å². The Morgan fingerprint density at radius 3 is 2.60 bits per heavy atom. The highest BCUT2D eigenvalue weighted by molar-refractivity contribution is 7.88. The second-order valence-electron chi connectivity index (χ2n) is 4.34. The van der Waals surface area contributed by atoms with Crippen LogP contribution in [0.2, 0.25) is 0 Å². The van der Waals surface area contributed by atoms with E-state index in [0.29, 0.717) is 25.2 Å². The van der Waals surface area contributed by atoms with E-state index in [1.165, 1.54) is 19.3 Å². The van der Waals surface area contributed by atoms with Crippen LogP contribution >= 0.6 is 0 Å². The van der Waals surface area contributed by atoms with Crippen LogP contribution < -0.4 is 4.72 Å². The lowest BCUT2D eigenvalue weighted by Gasteiger charge is -2.28. The summed E-state index contributed by atoms with van der Waals surface area (Å²) in [6.07, 6.45) is 6.34. The smallest absolute Gasteiger partial charge is 0.208 e. The first-order valence-electron chi connectivity index (χ1n) is 5.55. The zero-order chi connectivity index (χ0) is 11.3. The SMILES string of the molecule is C[C@@H]1CCCC[C@@H]1OCCNS(C)(=O)=O. The molecule has 4 nitrogen and oxygen atoms in total. The molecule has 0 aromatic carbocycles. The van der Waals surface area contributed by atoms with Gasteiger partial charge in [0.05, 0.1) is 19.0 Å². The Morgan fingerprint density at radius 1 is 1.33 bits per heavy atom. The molecular formula is C10H21NO3S. The number of rotatable bonds is 5. The van der Waals surface area contributed by atoms with Crippen molar-refractivity contribution in [1.82, 2.24) is 4.72 Å². The van der Waals surface area contributed by atoms with Crippen molar-refractivity contribution in [3.63, 3.8) is 0 Å². The van der Waals surface area contributed by atoms with Crippen LogP contribution in [-0.2, 0) is 14.8 Å². The van der Waals surface area contributed by atoms with Gasteiger partial charge in [0.25, 0.3) is 0 Å². The summed E-state index contributed by atoms with van der Waals surface area (Å²) >= 11 is 0. The predicted molar refractivity (Wildman–Crippen MR) is 60.2 cm³/mol. The van der Waals surface area contributed by atoms with Gasteiger partial charge in [-0.2, -0.15) is 0 Å². The van der Waals surface area contributed by atoms with Crippen LogP contribution in [0.1, 0.15) is 32.6 Å². The van der Waals surface area contributed by atoms with Crippen LogP contribution in [0.4, 0.5) is 0 Å². The van der Waals surface area contributed by atoms with Crippen molar-refractivity contribution < 1.29 is 13.2 Å². The van der Waals surface area contributed by atoms with Gasteiger partial charge in [0.1, 0.15) is 0 Å². The highest BCUT2D eigenvalue weighted by Gasteiger charge is 2.21. The summed E-state index contributed by atoms with van der Waals surface area (Å²) in [5.41, 5.74) is 0. The maximum absolute atomic E-state index is 10.8. The normalized spacial score (nSPS) is 27.9. The summed E-state index contributed by atoms with van der Waals surface area (Å²) in [5, 5.41) is 0. The molecule has 0 bridgehead atoms. The Morgan fingerprint density at radius 2 is 2.00 bits per heavy atom. The van der Waals surface area contributed by atoms with Gasteiger partial charge in [0.2, 0.25) is 10.0 Å². The first-order valence-corrected chi connectivity index (χ1v) is 7.44. The van der Waals surface area contributed by atoms with Gasteiger partial charge < -0.3 is 4.74 Å². The van der Waals surface area contributed by atoms with Crippen LogP contribution in [0.15, 0.2) is 0 Å². The number of ether oxygens (including phenoxy) is 1. The molecule has 1 aliphatic carbocycles. The lowest BCUT2D eigenvalue weighted by atomic mass is 9.88. The first kappa shape index (κ1) is 12.9. The van der Waals surface area contributed by atoms with E-state index in [-0.39, 0.29) is 0 Å². The molecule has 0 aromatic heterocycles. The molecule has 2 atom stereocenters. The van der Waals surface area contributed by atoms with E-state index in [1.807, 2.05) is 0 Å². The monoisotopic (exact) mass is 235 g/mol. The molecule has 0 radical (unpaired) electrons. The Hall–Kier alpha value is -0.130. The van der Waals surface area contributed by atoms with Crippen molar-refractivity contribution in [2.24, 2.45) is 5.92 Å². The highest BCUT2D eigenvalue weighted by atomic mass is 32.2. The molecule has 5 heteroatoms. The van der Waals surface area contributed by atoms with Crippen LogP contribution in [0.3, 0.4) is 0 Å². The lowest BCUT2D eigenvalue weighted by Crippen LogP contribution is -2.31. The molecule has 1 aliphatic rings. The molecule has 0 heterocycles. The van der Waals surface area contributed by atoms with Crippen LogP contribution in [0.25, 0.3) is 0 Å². The third-order valence-electron chi connectivity index (χ3n) is 2.83. The molecule has 0 unspecified atom stereocenters. The zero-order valence-corrected chi connectivity index (χ0v) is 10.3. The maximum Gasteiger partial charge on any atom is 0.208 e. The molecule has 15 heavy (non-hydrogen) atoms. The fourth-order valence-corrected chi connectivity index (χ4v) is 2.42. The van der Waals surface area contributed by atoms with Gasteiger partial charge in [-0.1, -0.05) is 19.8 Å². The van der Waals surface area contributed by atoms with Crippen LogP contribution in [-0.4, -0.2) is 33.9 Å². The predicted octanol–water partition coefficient (Wildman–Crippen LogP) is 1.13. The van der Waals surface area contributed by atoms with Gasteiger partial charge in [0, 0.05) is 6.54 Å². The van der Waals surface area contributed by atoms with E-state index in [4.69, 9.17) is 4.74 Å². The van der Waals surface area contributed by atoms with E-state index in [0.717, 1.165) is 12.7 Å². The summed E-state index contributed by atoms with van der Waals surface area (Å²) in [5.74, 6) is 0.608. The molecule has 1 fully saturated rings. The molecule has 90 valence electrons. The van der Waals surface area contributed by atoms with Gasteiger partial charge in [0.15, 0.2) is 0 Å². The molecule has 0 amide bonds. The van der Waals surface area contributed by atoms with E-state index < -0.39 is 10.0 Å². The molecule has 0 spiro atoms. The van der Waals surface area contributed by atoms with Crippen molar-refractivity contribution in [2.75, 3.05) is 19.4 Å². The molecule has 0 aliphatic heterocycles. The van der Waals surface area contributed by atoms with Gasteiger partial charge in [-0.3, -0.25) is 0 Å². The van der Waals surface area contributed by atoms with Crippen LogP contribution in [0, 0.1) is 5.92 Å². The lowest BCUT2D eigenvalue weighted by molar-refractivity contribution is -0.00175. The molecule has 1 rings (SSSR count). The highest BCUT2D eigenvalue weighted by Crippen LogP contribution is 2.25. The zero-order valence-electron chi connectivity index (χ0n) is 9.53. The second-order valence-corrected chi connectivity index (χ2v) is 6.17. The average molecular weight is 235 g/mol. The van der Waals surface area contributed by atoms with Gasteiger partial charge in [-0.15, -0.1) is 0 Å². The first-order chi connectivity index (χ1) is 6.99. The number of nitrogens with one attached hydrogen (secondary N) is 1. The van der Waals surface area contributed by atoms with Crippen LogP contribution in [0.5, 0.6) is 0 Å². The molecular weight excluding hydrogens is 214 g/mol. The molecule has 1 N–H and O–H groups in total. The topological polar surface area (TPSA) is 55.4 Å². The third kappa shape index (κ3) is 5.49. The number of hydrogen-bond acceptors (Lipinski definition) is 3. The van der Waals surface area contributed by atoms with E-state index in [2.05, 4.69) is 11.6 Å². The minimum atomic E-state index is -3.07. The summed E-state index contributed by atoms with van der Waals surface area (Å²) < 4.78 is 29.6. The quantitative estimate of drug-likeness (QED) is 0.727. The summed E-state index contributed by atoms with van der Waals surface area (Å²) in [6, 6.07) is 0. The fourth-order valence-electron chi connectivity index (χ4n) is 1.97. The van der Waals surface area contributed by atoms with Gasteiger partial charge in [-0.05, 0) is 18.8 Å². The number of sulfonamides is 1. The van der Waals surface area contributed by atoms with Gasteiger partial charge in [-0.25, -0.2) is 13.1 Å². The Kier molecular flexibility index (Phi) is 5.02. The summed E-state index contributed by atoms with van der Waals surface area (Å²) in [6.45, 7) is 3.05.